The molecule has 1 nitrogen and oxygen atoms in total. The number of aryl methyl sites for hydroxylation is 1. The third-order valence-electron chi connectivity index (χ3n) is 3.64. The van der Waals surface area contributed by atoms with Crippen molar-refractivity contribution in [2.24, 2.45) is 5.92 Å². The summed E-state index contributed by atoms with van der Waals surface area (Å²) in [5.41, 5.74) is 3.43. The molecule has 0 amide bonds. The van der Waals surface area contributed by atoms with Gasteiger partial charge in [-0.15, -0.1) is 0 Å². The van der Waals surface area contributed by atoms with Crippen LogP contribution in [0.2, 0.25) is 0 Å². The van der Waals surface area contributed by atoms with E-state index in [0.29, 0.717) is 12.0 Å². The number of nitrogens with one attached hydrogen (secondary N) is 1. The Kier molecular flexibility index (Phi) is 4.91. The third-order valence-corrected chi connectivity index (χ3v) is 3.64. The average Bonchev–Trinajstić information content (AvgIpc) is 2.42. The van der Waals surface area contributed by atoms with Crippen LogP contribution in [0, 0.1) is 18.7 Å². The summed E-state index contributed by atoms with van der Waals surface area (Å²) in [7, 11) is 0. The van der Waals surface area contributed by atoms with Gasteiger partial charge in [0.15, 0.2) is 0 Å². The Morgan fingerprint density at radius 1 is 1.05 bits per heavy atom. The van der Waals surface area contributed by atoms with E-state index >= 15 is 0 Å². The van der Waals surface area contributed by atoms with Crippen molar-refractivity contribution in [3.63, 3.8) is 0 Å². The molecular weight excluding hydrogens is 249 g/mol. The van der Waals surface area contributed by atoms with Crippen LogP contribution >= 0.6 is 0 Å². The Morgan fingerprint density at radius 3 is 2.35 bits per heavy atom. The lowest BCUT2D eigenvalue weighted by Gasteiger charge is -2.23. The zero-order valence-electron chi connectivity index (χ0n) is 12.4. The largest absolute Gasteiger partial charge is 0.306 e. The molecule has 1 unspecified atom stereocenters. The molecule has 0 aliphatic carbocycles. The smallest absolute Gasteiger partial charge is 0.123 e. The van der Waals surface area contributed by atoms with Gasteiger partial charge in [-0.05, 0) is 41.7 Å². The maximum absolute atomic E-state index is 13.1. The van der Waals surface area contributed by atoms with Crippen LogP contribution in [-0.4, -0.2) is 0 Å². The summed E-state index contributed by atoms with van der Waals surface area (Å²) < 4.78 is 13.1. The molecule has 2 heteroatoms. The van der Waals surface area contributed by atoms with Crippen LogP contribution in [0.15, 0.2) is 48.5 Å². The van der Waals surface area contributed by atoms with E-state index in [4.69, 9.17) is 0 Å². The molecule has 0 spiro atoms. The zero-order chi connectivity index (χ0) is 14.5. The lowest BCUT2D eigenvalue weighted by atomic mass is 9.95. The molecule has 0 aliphatic rings. The van der Waals surface area contributed by atoms with Crippen molar-refractivity contribution >= 4 is 0 Å². The molecule has 0 heterocycles. The second kappa shape index (κ2) is 6.67. The van der Waals surface area contributed by atoms with E-state index in [0.717, 1.165) is 17.7 Å². The first-order valence-corrected chi connectivity index (χ1v) is 7.11. The van der Waals surface area contributed by atoms with E-state index in [1.807, 2.05) is 19.1 Å². The monoisotopic (exact) mass is 271 g/mol. The Bertz CT molecular complexity index is 549. The summed E-state index contributed by atoms with van der Waals surface area (Å²) in [6.07, 6.45) is 0. The average molecular weight is 271 g/mol. The molecule has 0 bridgehead atoms. The van der Waals surface area contributed by atoms with E-state index in [-0.39, 0.29) is 5.82 Å². The van der Waals surface area contributed by atoms with Gasteiger partial charge in [0.1, 0.15) is 5.82 Å². The molecule has 0 fully saturated rings. The van der Waals surface area contributed by atoms with Crippen LogP contribution in [0.1, 0.15) is 36.6 Å². The highest BCUT2D eigenvalue weighted by Crippen LogP contribution is 2.22. The zero-order valence-corrected chi connectivity index (χ0v) is 12.4. The first-order chi connectivity index (χ1) is 9.58. The molecule has 0 saturated heterocycles. The van der Waals surface area contributed by atoms with Gasteiger partial charge in [0.25, 0.3) is 0 Å². The quantitative estimate of drug-likeness (QED) is 0.836. The standard InChI is InChI=1S/C18H22FN/c1-13(2)18(15-7-5-4-6-8-15)20-12-16-9-10-17(19)11-14(16)3/h4-11,13,18,20H,12H2,1-3H3. The lowest BCUT2D eigenvalue weighted by molar-refractivity contribution is 0.410. The van der Waals surface area contributed by atoms with Gasteiger partial charge in [-0.1, -0.05) is 50.2 Å². The number of rotatable bonds is 5. The van der Waals surface area contributed by atoms with Crippen molar-refractivity contribution in [2.45, 2.75) is 33.4 Å². The summed E-state index contributed by atoms with van der Waals surface area (Å²) in [6.45, 7) is 7.13. The van der Waals surface area contributed by atoms with Crippen LogP contribution in [0.4, 0.5) is 4.39 Å². The van der Waals surface area contributed by atoms with Gasteiger partial charge in [0, 0.05) is 12.6 Å². The van der Waals surface area contributed by atoms with Gasteiger partial charge >= 0.3 is 0 Å². The van der Waals surface area contributed by atoms with Crippen LogP contribution in [0.3, 0.4) is 0 Å². The van der Waals surface area contributed by atoms with Crippen molar-refractivity contribution in [3.8, 4) is 0 Å². The fourth-order valence-corrected chi connectivity index (χ4v) is 2.48. The maximum atomic E-state index is 13.1. The van der Waals surface area contributed by atoms with Crippen molar-refractivity contribution in [2.75, 3.05) is 0 Å². The van der Waals surface area contributed by atoms with Crippen LogP contribution < -0.4 is 5.32 Å². The highest BCUT2D eigenvalue weighted by atomic mass is 19.1. The minimum Gasteiger partial charge on any atom is -0.306 e. The molecule has 2 aromatic rings. The number of halogens is 1. The minimum absolute atomic E-state index is 0.172. The molecule has 2 aromatic carbocycles. The number of hydrogen-bond donors (Lipinski definition) is 1. The Balaban J connectivity index is 2.10. The lowest BCUT2D eigenvalue weighted by Crippen LogP contribution is -2.25. The van der Waals surface area contributed by atoms with Gasteiger partial charge in [-0.2, -0.15) is 0 Å². The highest BCUT2D eigenvalue weighted by molar-refractivity contribution is 5.27. The van der Waals surface area contributed by atoms with Crippen molar-refractivity contribution in [1.29, 1.82) is 0 Å². The fraction of sp³-hybridized carbons (Fsp3) is 0.333. The van der Waals surface area contributed by atoms with Crippen molar-refractivity contribution < 1.29 is 4.39 Å². The predicted molar refractivity (Wildman–Crippen MR) is 82.0 cm³/mol. The topological polar surface area (TPSA) is 12.0 Å². The maximum Gasteiger partial charge on any atom is 0.123 e. The van der Waals surface area contributed by atoms with Crippen LogP contribution in [0.25, 0.3) is 0 Å². The van der Waals surface area contributed by atoms with Crippen molar-refractivity contribution in [3.05, 3.63) is 71.0 Å². The fourth-order valence-electron chi connectivity index (χ4n) is 2.48. The van der Waals surface area contributed by atoms with Gasteiger partial charge in [0.05, 0.1) is 0 Å². The second-order valence-corrected chi connectivity index (χ2v) is 5.58. The molecule has 0 aliphatic heterocycles. The third kappa shape index (κ3) is 3.67. The molecule has 0 saturated carbocycles. The molecule has 1 N–H and O–H groups in total. The van der Waals surface area contributed by atoms with E-state index in [1.54, 1.807) is 6.07 Å². The minimum atomic E-state index is -0.172. The summed E-state index contributed by atoms with van der Waals surface area (Å²) in [4.78, 5) is 0. The van der Waals surface area contributed by atoms with Crippen LogP contribution in [-0.2, 0) is 6.54 Å². The molecule has 1 atom stereocenters. The molecule has 2 rings (SSSR count). The normalized spacial score (nSPS) is 12.7. The summed E-state index contributed by atoms with van der Waals surface area (Å²) in [6, 6.07) is 15.7. The first-order valence-electron chi connectivity index (χ1n) is 7.11. The highest BCUT2D eigenvalue weighted by Gasteiger charge is 2.15. The molecular formula is C18H22FN. The molecule has 0 radical (unpaired) electrons. The van der Waals surface area contributed by atoms with E-state index < -0.39 is 0 Å². The summed E-state index contributed by atoms with van der Waals surface area (Å²) in [5.74, 6) is 0.327. The number of hydrogen-bond acceptors (Lipinski definition) is 1. The van der Waals surface area contributed by atoms with Gasteiger partial charge in [-0.25, -0.2) is 4.39 Å². The summed E-state index contributed by atoms with van der Waals surface area (Å²) >= 11 is 0. The van der Waals surface area contributed by atoms with Gasteiger partial charge in [0.2, 0.25) is 0 Å². The summed E-state index contributed by atoms with van der Waals surface area (Å²) in [5, 5.41) is 3.59. The Morgan fingerprint density at radius 2 is 1.75 bits per heavy atom. The van der Waals surface area contributed by atoms with Crippen molar-refractivity contribution in [1.82, 2.24) is 5.32 Å². The van der Waals surface area contributed by atoms with Crippen LogP contribution in [0.5, 0.6) is 0 Å². The van der Waals surface area contributed by atoms with E-state index in [1.165, 1.54) is 11.6 Å². The van der Waals surface area contributed by atoms with E-state index in [9.17, 15) is 4.39 Å². The molecule has 0 aromatic heterocycles. The number of benzene rings is 2. The SMILES string of the molecule is Cc1cc(F)ccc1CNC(c1ccccc1)C(C)C. The first kappa shape index (κ1) is 14.7. The van der Waals surface area contributed by atoms with E-state index in [2.05, 4.69) is 43.4 Å². The molecule has 20 heavy (non-hydrogen) atoms. The Hall–Kier alpha value is -1.67. The second-order valence-electron chi connectivity index (χ2n) is 5.58. The van der Waals surface area contributed by atoms with Gasteiger partial charge in [-0.3, -0.25) is 0 Å². The molecule has 106 valence electrons. The van der Waals surface area contributed by atoms with Gasteiger partial charge < -0.3 is 5.32 Å². The predicted octanol–water partition coefficient (Wildman–Crippen LogP) is 4.62. The Labute approximate surface area is 120 Å².